The Morgan fingerprint density at radius 2 is 2.13 bits per heavy atom. The number of nitrogens with zero attached hydrogens (tertiary/aromatic N) is 1. The standard InChI is InChI=1S/C11H14FNOS/c1-13(11(14)8-15-2)7-9-5-3-4-6-10(9)12/h3-6H,7-8H2,1-2H3. The fraction of sp³-hybridized carbons (Fsp3) is 0.364. The van der Waals surface area contributed by atoms with Crippen LogP contribution in [0.3, 0.4) is 0 Å². The number of carbonyl (C=O) groups is 1. The lowest BCUT2D eigenvalue weighted by Gasteiger charge is -2.16. The topological polar surface area (TPSA) is 20.3 Å². The van der Waals surface area contributed by atoms with E-state index in [4.69, 9.17) is 0 Å². The molecule has 15 heavy (non-hydrogen) atoms. The summed E-state index contributed by atoms with van der Waals surface area (Å²) in [5, 5.41) is 0. The van der Waals surface area contributed by atoms with Gasteiger partial charge in [-0.05, 0) is 12.3 Å². The third-order valence-corrected chi connectivity index (χ3v) is 2.59. The normalized spacial score (nSPS) is 10.1. The molecule has 82 valence electrons. The van der Waals surface area contributed by atoms with Gasteiger partial charge in [0, 0.05) is 19.2 Å². The lowest BCUT2D eigenvalue weighted by Crippen LogP contribution is -2.28. The molecule has 0 fully saturated rings. The predicted octanol–water partition coefficient (Wildman–Crippen LogP) is 2.15. The number of halogens is 1. The minimum atomic E-state index is -0.263. The molecule has 0 aliphatic carbocycles. The molecule has 1 amide bonds. The lowest BCUT2D eigenvalue weighted by molar-refractivity contribution is -0.127. The van der Waals surface area contributed by atoms with Crippen LogP contribution in [0.4, 0.5) is 4.39 Å². The minimum absolute atomic E-state index is 0.0192. The number of rotatable bonds is 4. The summed E-state index contributed by atoms with van der Waals surface area (Å²) in [5.74, 6) is 0.192. The molecule has 0 saturated carbocycles. The highest BCUT2D eigenvalue weighted by Gasteiger charge is 2.10. The zero-order valence-corrected chi connectivity index (χ0v) is 9.68. The highest BCUT2D eigenvalue weighted by molar-refractivity contribution is 7.99. The van der Waals surface area contributed by atoms with E-state index in [1.54, 1.807) is 25.2 Å². The van der Waals surface area contributed by atoms with E-state index in [9.17, 15) is 9.18 Å². The first-order valence-corrected chi connectivity index (χ1v) is 6.01. The molecule has 0 aliphatic heterocycles. The van der Waals surface area contributed by atoms with Crippen LogP contribution in [-0.4, -0.2) is 29.9 Å². The Kier molecular flexibility index (Phi) is 4.62. The molecule has 0 spiro atoms. The summed E-state index contributed by atoms with van der Waals surface area (Å²) in [6.45, 7) is 0.325. The number of hydrogen-bond donors (Lipinski definition) is 0. The Hall–Kier alpha value is -1.03. The van der Waals surface area contributed by atoms with Gasteiger partial charge >= 0.3 is 0 Å². The first kappa shape index (κ1) is 12.0. The Balaban J connectivity index is 2.62. The van der Waals surface area contributed by atoms with Crippen LogP contribution in [0, 0.1) is 5.82 Å². The SMILES string of the molecule is CSCC(=O)N(C)Cc1ccccc1F. The van der Waals surface area contributed by atoms with Crippen LogP contribution < -0.4 is 0 Å². The van der Waals surface area contributed by atoms with E-state index in [1.165, 1.54) is 22.7 Å². The molecule has 0 N–H and O–H groups in total. The number of amides is 1. The third-order valence-electron chi connectivity index (χ3n) is 2.06. The molecule has 0 aromatic heterocycles. The molecule has 0 unspecified atom stereocenters. The van der Waals surface area contributed by atoms with Crippen molar-refractivity contribution in [2.24, 2.45) is 0 Å². The van der Waals surface area contributed by atoms with Gasteiger partial charge < -0.3 is 4.90 Å². The van der Waals surface area contributed by atoms with Crippen LogP contribution >= 0.6 is 11.8 Å². The first-order valence-electron chi connectivity index (χ1n) is 4.61. The van der Waals surface area contributed by atoms with Crippen molar-refractivity contribution < 1.29 is 9.18 Å². The van der Waals surface area contributed by atoms with Crippen LogP contribution in [0.2, 0.25) is 0 Å². The molecule has 0 bridgehead atoms. The summed E-state index contributed by atoms with van der Waals surface area (Å²) in [7, 11) is 1.69. The fourth-order valence-electron chi connectivity index (χ4n) is 1.20. The van der Waals surface area contributed by atoms with E-state index in [1.807, 2.05) is 6.26 Å². The Morgan fingerprint density at radius 1 is 1.47 bits per heavy atom. The van der Waals surface area contributed by atoms with Crippen LogP contribution in [-0.2, 0) is 11.3 Å². The van der Waals surface area contributed by atoms with Crippen LogP contribution in [0.1, 0.15) is 5.56 Å². The number of hydrogen-bond acceptors (Lipinski definition) is 2. The van der Waals surface area contributed by atoms with Gasteiger partial charge in [-0.3, -0.25) is 4.79 Å². The van der Waals surface area contributed by atoms with Crippen LogP contribution in [0.25, 0.3) is 0 Å². The summed E-state index contributed by atoms with van der Waals surface area (Å²) in [6, 6.07) is 6.51. The average molecular weight is 227 g/mol. The maximum Gasteiger partial charge on any atom is 0.232 e. The van der Waals surface area contributed by atoms with Gasteiger partial charge in [0.15, 0.2) is 0 Å². The Labute approximate surface area is 93.5 Å². The molecule has 2 nitrogen and oxygen atoms in total. The molecule has 1 aromatic carbocycles. The largest absolute Gasteiger partial charge is 0.341 e. The van der Waals surface area contributed by atoms with Gasteiger partial charge in [-0.1, -0.05) is 18.2 Å². The van der Waals surface area contributed by atoms with E-state index < -0.39 is 0 Å². The van der Waals surface area contributed by atoms with Gasteiger partial charge in [0.25, 0.3) is 0 Å². The van der Waals surface area contributed by atoms with Crippen molar-refractivity contribution in [1.82, 2.24) is 4.90 Å². The third kappa shape index (κ3) is 3.55. The summed E-state index contributed by atoms with van der Waals surface area (Å²) >= 11 is 1.47. The fourth-order valence-corrected chi connectivity index (χ4v) is 1.67. The van der Waals surface area contributed by atoms with Gasteiger partial charge in [-0.25, -0.2) is 4.39 Å². The molecule has 0 atom stereocenters. The molecule has 0 saturated heterocycles. The van der Waals surface area contributed by atoms with Gasteiger partial charge in [-0.15, -0.1) is 0 Å². The van der Waals surface area contributed by atoms with E-state index in [0.717, 1.165) is 0 Å². The van der Waals surface area contributed by atoms with E-state index >= 15 is 0 Å². The van der Waals surface area contributed by atoms with Gasteiger partial charge in [0.1, 0.15) is 5.82 Å². The van der Waals surface area contributed by atoms with Crippen molar-refractivity contribution in [2.45, 2.75) is 6.54 Å². The van der Waals surface area contributed by atoms with Crippen LogP contribution in [0.15, 0.2) is 24.3 Å². The number of carbonyl (C=O) groups excluding carboxylic acids is 1. The van der Waals surface area contributed by atoms with Crippen molar-refractivity contribution in [3.05, 3.63) is 35.6 Å². The monoisotopic (exact) mass is 227 g/mol. The zero-order chi connectivity index (χ0) is 11.3. The zero-order valence-electron chi connectivity index (χ0n) is 8.87. The van der Waals surface area contributed by atoms with Crippen molar-refractivity contribution >= 4 is 17.7 Å². The maximum absolute atomic E-state index is 13.3. The molecular weight excluding hydrogens is 213 g/mol. The molecule has 1 rings (SSSR count). The molecule has 1 aromatic rings. The second kappa shape index (κ2) is 5.75. The first-order chi connectivity index (χ1) is 7.15. The van der Waals surface area contributed by atoms with Crippen LogP contribution in [0.5, 0.6) is 0 Å². The number of thioether (sulfide) groups is 1. The smallest absolute Gasteiger partial charge is 0.232 e. The maximum atomic E-state index is 13.3. The van der Waals surface area contributed by atoms with Crippen molar-refractivity contribution in [3.63, 3.8) is 0 Å². The molecule has 0 aliphatic rings. The average Bonchev–Trinajstić information content (AvgIpc) is 2.21. The Morgan fingerprint density at radius 3 is 2.73 bits per heavy atom. The summed E-state index contributed by atoms with van der Waals surface area (Å²) in [4.78, 5) is 13.0. The summed E-state index contributed by atoms with van der Waals surface area (Å²) < 4.78 is 13.3. The van der Waals surface area contributed by atoms with Gasteiger partial charge in [-0.2, -0.15) is 11.8 Å². The minimum Gasteiger partial charge on any atom is -0.341 e. The van der Waals surface area contributed by atoms with Gasteiger partial charge in [0.05, 0.1) is 5.75 Å². The molecular formula is C11H14FNOS. The summed E-state index contributed by atoms with van der Waals surface area (Å²) in [5.41, 5.74) is 0.550. The lowest BCUT2D eigenvalue weighted by atomic mass is 10.2. The van der Waals surface area contributed by atoms with Gasteiger partial charge in [0.2, 0.25) is 5.91 Å². The quantitative estimate of drug-likeness (QED) is 0.785. The predicted molar refractivity (Wildman–Crippen MR) is 61.3 cm³/mol. The van der Waals surface area contributed by atoms with E-state index in [2.05, 4.69) is 0 Å². The summed E-state index contributed by atoms with van der Waals surface area (Å²) in [6.07, 6.45) is 1.87. The second-order valence-corrected chi connectivity index (χ2v) is 4.14. The molecule has 0 radical (unpaired) electrons. The van der Waals surface area contributed by atoms with Crippen molar-refractivity contribution in [3.8, 4) is 0 Å². The second-order valence-electron chi connectivity index (χ2n) is 3.27. The highest BCUT2D eigenvalue weighted by Crippen LogP contribution is 2.09. The molecule has 0 heterocycles. The van der Waals surface area contributed by atoms with E-state index in [-0.39, 0.29) is 11.7 Å². The molecule has 4 heteroatoms. The Bertz CT molecular complexity index is 343. The van der Waals surface area contributed by atoms with Crippen molar-refractivity contribution in [2.75, 3.05) is 19.1 Å². The van der Waals surface area contributed by atoms with E-state index in [0.29, 0.717) is 17.9 Å². The van der Waals surface area contributed by atoms with Crippen molar-refractivity contribution in [1.29, 1.82) is 0 Å². The number of benzene rings is 1. The highest BCUT2D eigenvalue weighted by atomic mass is 32.2.